The molecule has 0 aliphatic rings. The lowest BCUT2D eigenvalue weighted by Gasteiger charge is -2.08. The van der Waals surface area contributed by atoms with Crippen LogP contribution in [0.5, 0.6) is 5.75 Å². The Morgan fingerprint density at radius 1 is 1.31 bits per heavy atom. The Bertz CT molecular complexity index is 292. The first-order valence-corrected chi connectivity index (χ1v) is 6.13. The Hall–Kier alpha value is -0.780. The first kappa shape index (κ1) is 13.3. The number of benzene rings is 1. The lowest BCUT2D eigenvalue weighted by molar-refractivity contribution is 0.113. The molecule has 5 heteroatoms. The topological polar surface area (TPSA) is 49.7 Å². The van der Waals surface area contributed by atoms with E-state index in [0.29, 0.717) is 23.9 Å². The highest BCUT2D eigenvalue weighted by Gasteiger charge is 2.01. The number of aliphatic hydroxyl groups is 2. The summed E-state index contributed by atoms with van der Waals surface area (Å²) in [6.45, 7) is 0.278. The molecule has 2 N–H and O–H groups in total. The van der Waals surface area contributed by atoms with Gasteiger partial charge >= 0.3 is 0 Å². The number of thioether (sulfide) groups is 1. The van der Waals surface area contributed by atoms with Gasteiger partial charge in [-0.05, 0) is 24.3 Å². The second-order valence-corrected chi connectivity index (χ2v) is 4.36. The number of rotatable bonds is 7. The smallest absolute Gasteiger partial charge is 0.123 e. The number of hydrogen-bond donors (Lipinski definition) is 2. The predicted octanol–water partition coefficient (Wildman–Crippen LogP) is 1.29. The summed E-state index contributed by atoms with van der Waals surface area (Å²) in [5.74, 6) is 1.55. The summed E-state index contributed by atoms with van der Waals surface area (Å²) in [5, 5.41) is 17.6. The molecule has 0 bridgehead atoms. The van der Waals surface area contributed by atoms with Crippen molar-refractivity contribution in [1.29, 1.82) is 0 Å². The van der Waals surface area contributed by atoms with E-state index in [1.807, 2.05) is 0 Å². The molecule has 1 aromatic rings. The van der Waals surface area contributed by atoms with Gasteiger partial charge in [0.2, 0.25) is 0 Å². The van der Waals surface area contributed by atoms with Crippen molar-refractivity contribution in [3.8, 4) is 5.75 Å². The van der Waals surface area contributed by atoms with Crippen molar-refractivity contribution >= 4 is 11.8 Å². The lowest BCUT2D eigenvalue weighted by Crippen LogP contribution is -2.15. The molecular formula is C11H15FO3S. The maximum Gasteiger partial charge on any atom is 0.123 e. The average molecular weight is 246 g/mol. The zero-order valence-corrected chi connectivity index (χ0v) is 9.62. The Kier molecular flexibility index (Phi) is 6.22. The highest BCUT2D eigenvalue weighted by Crippen LogP contribution is 2.11. The molecule has 3 nitrogen and oxygen atoms in total. The van der Waals surface area contributed by atoms with Gasteiger partial charge in [-0.25, -0.2) is 4.39 Å². The fourth-order valence-electron chi connectivity index (χ4n) is 1.02. The van der Waals surface area contributed by atoms with E-state index in [2.05, 4.69) is 0 Å². The van der Waals surface area contributed by atoms with Crippen LogP contribution in [0.4, 0.5) is 4.39 Å². The van der Waals surface area contributed by atoms with Crippen LogP contribution < -0.4 is 4.74 Å². The van der Waals surface area contributed by atoms with Gasteiger partial charge in [0.15, 0.2) is 0 Å². The van der Waals surface area contributed by atoms with Crippen LogP contribution in [0.15, 0.2) is 24.3 Å². The van der Waals surface area contributed by atoms with E-state index in [9.17, 15) is 4.39 Å². The van der Waals surface area contributed by atoms with Crippen LogP contribution in [0.25, 0.3) is 0 Å². The number of halogens is 1. The Labute approximate surface area is 98.2 Å². The summed E-state index contributed by atoms with van der Waals surface area (Å²) in [7, 11) is 0. The summed E-state index contributed by atoms with van der Waals surface area (Å²) < 4.78 is 17.9. The third kappa shape index (κ3) is 5.34. The van der Waals surface area contributed by atoms with Crippen molar-refractivity contribution in [3.05, 3.63) is 30.1 Å². The van der Waals surface area contributed by atoms with Crippen LogP contribution in [0.2, 0.25) is 0 Å². The van der Waals surface area contributed by atoms with E-state index in [1.165, 1.54) is 23.9 Å². The van der Waals surface area contributed by atoms with E-state index in [4.69, 9.17) is 14.9 Å². The van der Waals surface area contributed by atoms with Gasteiger partial charge in [0.1, 0.15) is 11.6 Å². The molecule has 0 aromatic heterocycles. The van der Waals surface area contributed by atoms with Gasteiger partial charge in [0, 0.05) is 11.5 Å². The second-order valence-electron chi connectivity index (χ2n) is 3.21. The van der Waals surface area contributed by atoms with Crippen molar-refractivity contribution in [2.75, 3.05) is 24.7 Å². The average Bonchev–Trinajstić information content (AvgIpc) is 2.31. The zero-order valence-electron chi connectivity index (χ0n) is 8.80. The lowest BCUT2D eigenvalue weighted by atomic mass is 10.3. The van der Waals surface area contributed by atoms with Gasteiger partial charge in [0.25, 0.3) is 0 Å². The van der Waals surface area contributed by atoms with Gasteiger partial charge in [-0.1, -0.05) is 0 Å². The van der Waals surface area contributed by atoms with Crippen molar-refractivity contribution in [2.45, 2.75) is 6.10 Å². The highest BCUT2D eigenvalue weighted by molar-refractivity contribution is 7.99. The summed E-state index contributed by atoms with van der Waals surface area (Å²) in [5.41, 5.74) is 0. The molecule has 1 unspecified atom stereocenters. The quantitative estimate of drug-likeness (QED) is 0.712. The van der Waals surface area contributed by atoms with Crippen LogP contribution in [-0.4, -0.2) is 41.0 Å². The standard InChI is InChI=1S/C11H15FO3S/c12-9-1-3-11(4-2-9)15-5-6-16-8-10(14)7-13/h1-4,10,13-14H,5-8H2. The van der Waals surface area contributed by atoms with Crippen LogP contribution in [0.1, 0.15) is 0 Å². The molecule has 1 aromatic carbocycles. The Balaban J connectivity index is 2.09. The molecule has 1 atom stereocenters. The molecule has 0 aliphatic heterocycles. The minimum Gasteiger partial charge on any atom is -0.493 e. The maximum atomic E-state index is 12.5. The number of hydrogen-bond acceptors (Lipinski definition) is 4. The molecule has 0 amide bonds. The molecule has 16 heavy (non-hydrogen) atoms. The number of ether oxygens (including phenoxy) is 1. The van der Waals surface area contributed by atoms with Crippen molar-refractivity contribution in [1.82, 2.24) is 0 Å². The first-order valence-electron chi connectivity index (χ1n) is 4.97. The van der Waals surface area contributed by atoms with Crippen LogP contribution >= 0.6 is 11.8 Å². The molecule has 1 rings (SSSR count). The van der Waals surface area contributed by atoms with E-state index >= 15 is 0 Å². The van der Waals surface area contributed by atoms with Crippen LogP contribution in [-0.2, 0) is 0 Å². The predicted molar refractivity (Wildman–Crippen MR) is 62.3 cm³/mol. The Morgan fingerprint density at radius 2 is 2.00 bits per heavy atom. The van der Waals surface area contributed by atoms with E-state index in [-0.39, 0.29) is 12.4 Å². The van der Waals surface area contributed by atoms with Gasteiger partial charge in [-0.3, -0.25) is 0 Å². The summed E-state index contributed by atoms with van der Waals surface area (Å²) in [6.07, 6.45) is -0.671. The molecule has 0 spiro atoms. The third-order valence-corrected chi connectivity index (χ3v) is 2.91. The van der Waals surface area contributed by atoms with Gasteiger partial charge in [-0.2, -0.15) is 11.8 Å². The van der Waals surface area contributed by atoms with Gasteiger partial charge in [-0.15, -0.1) is 0 Å². The normalized spacial score (nSPS) is 12.4. The maximum absolute atomic E-state index is 12.5. The van der Waals surface area contributed by atoms with Crippen molar-refractivity contribution < 1.29 is 19.3 Å². The van der Waals surface area contributed by atoms with Crippen molar-refractivity contribution in [3.63, 3.8) is 0 Å². The first-order chi connectivity index (χ1) is 7.72. The van der Waals surface area contributed by atoms with Crippen LogP contribution in [0.3, 0.4) is 0 Å². The molecule has 0 saturated heterocycles. The van der Waals surface area contributed by atoms with E-state index in [0.717, 1.165) is 0 Å². The molecule has 0 fully saturated rings. The number of aliphatic hydroxyl groups excluding tert-OH is 2. The highest BCUT2D eigenvalue weighted by atomic mass is 32.2. The minimum absolute atomic E-state index is 0.216. The fourth-order valence-corrected chi connectivity index (χ4v) is 1.77. The molecule has 0 radical (unpaired) electrons. The largest absolute Gasteiger partial charge is 0.493 e. The Morgan fingerprint density at radius 3 is 2.62 bits per heavy atom. The van der Waals surface area contributed by atoms with Crippen molar-refractivity contribution in [2.24, 2.45) is 0 Å². The summed E-state index contributed by atoms with van der Waals surface area (Å²) in [4.78, 5) is 0. The van der Waals surface area contributed by atoms with Gasteiger partial charge < -0.3 is 14.9 Å². The minimum atomic E-state index is -0.671. The summed E-state index contributed by atoms with van der Waals surface area (Å²) in [6, 6.07) is 5.83. The molecule has 0 saturated carbocycles. The molecular weight excluding hydrogens is 231 g/mol. The molecule has 90 valence electrons. The van der Waals surface area contributed by atoms with E-state index < -0.39 is 6.10 Å². The summed E-state index contributed by atoms with van der Waals surface area (Å²) >= 11 is 1.50. The molecule has 0 heterocycles. The third-order valence-electron chi connectivity index (χ3n) is 1.83. The monoisotopic (exact) mass is 246 g/mol. The van der Waals surface area contributed by atoms with Gasteiger partial charge in [0.05, 0.1) is 19.3 Å². The second kappa shape index (κ2) is 7.49. The zero-order chi connectivity index (χ0) is 11.8. The van der Waals surface area contributed by atoms with Crippen LogP contribution in [0, 0.1) is 5.82 Å². The fraction of sp³-hybridized carbons (Fsp3) is 0.455. The SMILES string of the molecule is OCC(O)CSCCOc1ccc(F)cc1. The van der Waals surface area contributed by atoms with E-state index in [1.54, 1.807) is 12.1 Å². The molecule has 0 aliphatic carbocycles.